The Balaban J connectivity index is 0.990. The molecule has 24 nitrogen and oxygen atoms in total. The van der Waals surface area contributed by atoms with Gasteiger partial charge in [0.05, 0.1) is 34.8 Å². The molecule has 0 saturated carbocycles. The number of hydrogen-bond acceptors (Lipinski definition) is 20. The topological polar surface area (TPSA) is 328 Å². The summed E-state index contributed by atoms with van der Waals surface area (Å²) >= 11 is 0. The van der Waals surface area contributed by atoms with Gasteiger partial charge in [0.2, 0.25) is 11.8 Å². The van der Waals surface area contributed by atoms with Crippen molar-refractivity contribution in [2.45, 2.75) is 243 Å². The van der Waals surface area contributed by atoms with E-state index in [4.69, 9.17) is 34.5 Å². The molecular weight excluding hydrogens is 1090 g/mol. The lowest BCUT2D eigenvalue weighted by atomic mass is 10.0. The quantitative estimate of drug-likeness (QED) is 0.0148. The minimum absolute atomic E-state index is 0.0253. The number of rotatable bonds is 46. The van der Waals surface area contributed by atoms with Crippen LogP contribution in [0.5, 0.6) is 0 Å². The van der Waals surface area contributed by atoms with Crippen LogP contribution >= 0.6 is 17.5 Å². The first-order chi connectivity index (χ1) is 40.1. The summed E-state index contributed by atoms with van der Waals surface area (Å²) < 4.78 is 34.8. The fraction of sp³-hybridized carbons (Fsp3) is 0.786. The van der Waals surface area contributed by atoms with Crippen LogP contribution in [0, 0.1) is 0 Å². The molecule has 2 aliphatic rings. The van der Waals surface area contributed by atoms with Gasteiger partial charge in [0, 0.05) is 39.0 Å². The highest BCUT2D eigenvalue weighted by Crippen LogP contribution is 2.44. The molecule has 0 spiro atoms. The van der Waals surface area contributed by atoms with Crippen LogP contribution in [0.2, 0.25) is 0 Å². The molecule has 6 rings (SSSR count). The van der Waals surface area contributed by atoms with E-state index >= 15 is 0 Å². The van der Waals surface area contributed by atoms with E-state index in [1.165, 1.54) is 158 Å². The van der Waals surface area contributed by atoms with Crippen LogP contribution in [0.4, 0.5) is 11.6 Å². The number of imidazole rings is 2. The van der Waals surface area contributed by atoms with Gasteiger partial charge in [-0.15, -0.1) is 0 Å². The maximum absolute atomic E-state index is 12.9. The molecule has 26 heteroatoms. The number of unbranched alkanes of at least 4 members (excludes halogenated alkanes) is 24. The number of carbonyl (C=O) groups excluding carboxylic acids is 2. The molecule has 0 aromatic carbocycles. The van der Waals surface area contributed by atoms with E-state index in [0.717, 1.165) is 38.5 Å². The first kappa shape index (κ1) is 67.2. The maximum atomic E-state index is 12.9. The molecule has 2 fully saturated rings. The summed E-state index contributed by atoms with van der Waals surface area (Å²) in [5.74, 6) is 0.282. The molecule has 2 saturated heterocycles. The Morgan fingerprint density at radius 3 is 1.49 bits per heavy atom. The van der Waals surface area contributed by atoms with E-state index in [0.29, 0.717) is 48.3 Å². The van der Waals surface area contributed by atoms with Gasteiger partial charge in [0.15, 0.2) is 35.4 Å². The first-order valence-electron chi connectivity index (χ1n) is 30.8. The minimum Gasteiger partial charge on any atom is -0.387 e. The van der Waals surface area contributed by atoms with Crippen LogP contribution in [0.3, 0.4) is 0 Å². The van der Waals surface area contributed by atoms with E-state index in [9.17, 15) is 24.9 Å². The maximum Gasteiger partial charge on any atom is 0.256 e. The SMILES string of the molecule is CCCCCCCCCCCCCCCC(=O)NCCNPOCC1OC(n2cnc3c(N)ncnc32)C(O)C1OP(NCCNC(=O)CCCCCCCCCCCCCCC)OCC1OC(n2cnc3c(N)ncnc32)C(O)C1O. The summed E-state index contributed by atoms with van der Waals surface area (Å²) in [4.78, 5) is 50.9. The zero-order chi connectivity index (χ0) is 58.2. The van der Waals surface area contributed by atoms with Crippen LogP contribution in [0.25, 0.3) is 22.3 Å². The van der Waals surface area contributed by atoms with Crippen LogP contribution in [0.1, 0.15) is 206 Å². The van der Waals surface area contributed by atoms with E-state index in [2.05, 4.69) is 64.6 Å². The first-order valence-corrected chi connectivity index (χ1v) is 32.9. The number of aliphatic hydroxyl groups is 3. The highest BCUT2D eigenvalue weighted by atomic mass is 31.2. The number of anilines is 2. The molecule has 4 aromatic heterocycles. The van der Waals surface area contributed by atoms with E-state index in [-0.39, 0.29) is 58.7 Å². The van der Waals surface area contributed by atoms with Crippen molar-refractivity contribution >= 4 is 63.3 Å². The molecule has 11 N–H and O–H groups in total. The van der Waals surface area contributed by atoms with Crippen LogP contribution in [-0.4, -0.2) is 142 Å². The van der Waals surface area contributed by atoms with E-state index in [1.807, 2.05) is 0 Å². The number of nitrogens with zero attached hydrogens (tertiary/aromatic N) is 8. The van der Waals surface area contributed by atoms with Crippen LogP contribution < -0.4 is 32.3 Å². The summed E-state index contributed by atoms with van der Waals surface area (Å²) in [6.07, 6.45) is 29.3. The number of ether oxygens (including phenoxy) is 2. The fourth-order valence-electron chi connectivity index (χ4n) is 10.4. The Kier molecular flexibility index (Phi) is 31.9. The van der Waals surface area contributed by atoms with Gasteiger partial charge in [0.25, 0.3) is 8.53 Å². The summed E-state index contributed by atoms with van der Waals surface area (Å²) in [7, 11) is -2.32. The summed E-state index contributed by atoms with van der Waals surface area (Å²) in [5.41, 5.74) is 13.4. The van der Waals surface area contributed by atoms with Crippen molar-refractivity contribution in [1.29, 1.82) is 0 Å². The van der Waals surface area contributed by atoms with Gasteiger partial charge in [-0.05, 0) is 12.8 Å². The Bertz CT molecular complexity index is 2400. The smallest absolute Gasteiger partial charge is 0.256 e. The lowest BCUT2D eigenvalue weighted by Crippen LogP contribution is -2.38. The van der Waals surface area contributed by atoms with Crippen molar-refractivity contribution in [2.24, 2.45) is 0 Å². The second-order valence-corrected chi connectivity index (χ2v) is 24.0. The third-order valence-electron chi connectivity index (χ3n) is 15.2. The average molecular weight is 1190 g/mol. The molecule has 2 aliphatic heterocycles. The van der Waals surface area contributed by atoms with Crippen molar-refractivity contribution in [2.75, 3.05) is 50.9 Å². The molecule has 462 valence electrons. The third kappa shape index (κ3) is 22.5. The van der Waals surface area contributed by atoms with Crippen LogP contribution in [0.15, 0.2) is 25.3 Å². The highest BCUT2D eigenvalue weighted by Gasteiger charge is 2.49. The molecule has 0 bridgehead atoms. The molecule has 6 heterocycles. The van der Waals surface area contributed by atoms with Gasteiger partial charge in [-0.1, -0.05) is 168 Å². The summed E-state index contributed by atoms with van der Waals surface area (Å²) in [6, 6.07) is 0. The fourth-order valence-corrected chi connectivity index (χ4v) is 12.3. The van der Waals surface area contributed by atoms with Crippen molar-refractivity contribution in [3.05, 3.63) is 25.3 Å². The number of aliphatic hydroxyl groups excluding tert-OH is 3. The largest absolute Gasteiger partial charge is 0.387 e. The molecular formula is C56H98N14O10P2. The lowest BCUT2D eigenvalue weighted by molar-refractivity contribution is -0.122. The Hall–Kier alpha value is -3.90. The molecule has 10 unspecified atom stereocenters. The highest BCUT2D eigenvalue weighted by molar-refractivity contribution is 7.45. The van der Waals surface area contributed by atoms with Gasteiger partial charge in [-0.2, -0.15) is 0 Å². The number of carbonyl (C=O) groups is 2. The Labute approximate surface area is 488 Å². The molecule has 10 atom stereocenters. The zero-order valence-corrected chi connectivity index (χ0v) is 50.7. The molecule has 0 radical (unpaired) electrons. The van der Waals surface area contributed by atoms with Gasteiger partial charge in [-0.3, -0.25) is 23.8 Å². The van der Waals surface area contributed by atoms with E-state index < -0.39 is 57.6 Å². The van der Waals surface area contributed by atoms with Crippen molar-refractivity contribution in [1.82, 2.24) is 59.8 Å². The Morgan fingerprint density at radius 1 is 0.561 bits per heavy atom. The molecule has 2 amide bonds. The standard InChI is InChI=1S/C56H98N14O10P2/c1-3-5-7-9-11-13-15-17-19-21-23-25-27-29-43(71)59-31-33-67-81-76-35-42-50(49(75)56(79-42)70-40-66-46-52(58)62-38-64-54(46)70)80-82(68-34-32-60-44(72)30-28-26-24-22-20-18-16-14-12-10-8-6-4-2)77-36-41-47(73)48(74)55(78-41)69-39-65-45-51(57)61-37-63-53(45)69/h37-42,47-50,55-56,67-68,73-75,81H,3-36H2,1-2H3,(H,59,71)(H,60,72)(H2,57,61,63)(H2,58,62,64). The van der Waals surface area contributed by atoms with Crippen molar-refractivity contribution in [3.63, 3.8) is 0 Å². The van der Waals surface area contributed by atoms with E-state index in [1.54, 1.807) is 4.57 Å². The average Bonchev–Trinajstić information content (AvgIpc) is 3.46. The molecule has 4 aromatic rings. The summed E-state index contributed by atoms with van der Waals surface area (Å²) in [6.45, 7) is 5.59. The van der Waals surface area contributed by atoms with Gasteiger partial charge in [-0.25, -0.2) is 35.0 Å². The van der Waals surface area contributed by atoms with Gasteiger partial charge < -0.3 is 60.5 Å². The second kappa shape index (κ2) is 38.9. The predicted molar refractivity (Wildman–Crippen MR) is 320 cm³/mol. The number of nitrogen functional groups attached to an aromatic ring is 2. The van der Waals surface area contributed by atoms with Gasteiger partial charge in [0.1, 0.15) is 60.3 Å². The normalized spacial score (nSPS) is 21.4. The number of fused-ring (bicyclic) bond motifs is 2. The third-order valence-corrected chi connectivity index (χ3v) is 17.2. The van der Waals surface area contributed by atoms with Crippen LogP contribution in [-0.2, 0) is 32.6 Å². The van der Waals surface area contributed by atoms with Crippen molar-refractivity contribution < 1.29 is 48.0 Å². The monoisotopic (exact) mass is 1190 g/mol. The molecule has 0 aliphatic carbocycles. The molecule has 82 heavy (non-hydrogen) atoms. The minimum atomic E-state index is -2.14. The second-order valence-electron chi connectivity index (χ2n) is 21.8. The number of aromatic nitrogens is 8. The zero-order valence-electron chi connectivity index (χ0n) is 48.8. The number of amides is 2. The summed E-state index contributed by atoms with van der Waals surface area (Å²) in [5, 5.41) is 47.1. The van der Waals surface area contributed by atoms with Crippen molar-refractivity contribution in [3.8, 4) is 0 Å². The number of hydrogen-bond donors (Lipinski definition) is 9. The van der Waals surface area contributed by atoms with Gasteiger partial charge >= 0.3 is 0 Å². The number of nitrogens with one attached hydrogen (secondary N) is 4. The predicted octanol–water partition coefficient (Wildman–Crippen LogP) is 8.24. The Morgan fingerprint density at radius 2 is 1.00 bits per heavy atom. The number of nitrogens with two attached hydrogens (primary N) is 2. The lowest BCUT2D eigenvalue weighted by Gasteiger charge is -2.27.